The lowest BCUT2D eigenvalue weighted by atomic mass is 10.1. The summed E-state index contributed by atoms with van der Waals surface area (Å²) in [6.07, 6.45) is 1.56. The van der Waals surface area contributed by atoms with Gasteiger partial charge in [-0.1, -0.05) is 12.1 Å². The topological polar surface area (TPSA) is 80.2 Å². The third kappa shape index (κ3) is 3.37. The zero-order valence-electron chi connectivity index (χ0n) is 12.3. The van der Waals surface area contributed by atoms with Gasteiger partial charge in [0.05, 0.1) is 19.4 Å². The van der Waals surface area contributed by atoms with Crippen molar-refractivity contribution in [3.63, 3.8) is 0 Å². The highest BCUT2D eigenvalue weighted by atomic mass is 16.5. The first-order chi connectivity index (χ1) is 10.7. The van der Waals surface area contributed by atoms with Crippen LogP contribution in [0.4, 0.5) is 17.5 Å². The fourth-order valence-electron chi connectivity index (χ4n) is 2.22. The molecule has 0 saturated carbocycles. The summed E-state index contributed by atoms with van der Waals surface area (Å²) in [6, 6.07) is 7.28. The number of morpholine rings is 1. The van der Waals surface area contributed by atoms with Crippen LogP contribution >= 0.6 is 0 Å². The number of ether oxygens (including phenoxy) is 1. The number of anilines is 3. The molecule has 7 nitrogen and oxygen atoms in total. The Labute approximate surface area is 128 Å². The van der Waals surface area contributed by atoms with Gasteiger partial charge in [-0.3, -0.25) is 4.79 Å². The lowest BCUT2D eigenvalue weighted by Crippen LogP contribution is -2.37. The van der Waals surface area contributed by atoms with Crippen LogP contribution < -0.4 is 10.2 Å². The molecule has 1 aliphatic heterocycles. The highest BCUT2D eigenvalue weighted by Crippen LogP contribution is 2.17. The van der Waals surface area contributed by atoms with Crippen LogP contribution in [-0.4, -0.2) is 47.3 Å². The molecule has 0 amide bonds. The van der Waals surface area contributed by atoms with Crippen molar-refractivity contribution in [3.05, 3.63) is 36.0 Å². The number of carbonyl (C=O) groups excluding carboxylic acids is 1. The average molecular weight is 299 g/mol. The first-order valence-corrected chi connectivity index (χ1v) is 7.13. The molecule has 0 radical (unpaired) electrons. The Hall–Kier alpha value is -2.54. The lowest BCUT2D eigenvalue weighted by molar-refractivity contribution is 0.101. The fourth-order valence-corrected chi connectivity index (χ4v) is 2.22. The predicted octanol–water partition coefficient (Wildman–Crippen LogP) is 1.65. The molecule has 1 aliphatic rings. The maximum absolute atomic E-state index is 11.4. The van der Waals surface area contributed by atoms with Gasteiger partial charge in [0, 0.05) is 24.3 Å². The van der Waals surface area contributed by atoms with Gasteiger partial charge in [0.1, 0.15) is 0 Å². The smallest absolute Gasteiger partial charge is 0.247 e. The summed E-state index contributed by atoms with van der Waals surface area (Å²) >= 11 is 0. The summed E-state index contributed by atoms with van der Waals surface area (Å²) < 4.78 is 5.32. The predicted molar refractivity (Wildman–Crippen MR) is 82.6 cm³/mol. The lowest BCUT2D eigenvalue weighted by Gasteiger charge is -2.26. The molecule has 1 fully saturated rings. The molecule has 2 aromatic rings. The average Bonchev–Trinajstić information content (AvgIpc) is 2.56. The molecule has 1 N–H and O–H groups in total. The minimum atomic E-state index is 0.0264. The van der Waals surface area contributed by atoms with Gasteiger partial charge in [0.25, 0.3) is 0 Å². The third-order valence-electron chi connectivity index (χ3n) is 3.38. The Balaban J connectivity index is 1.77. The zero-order chi connectivity index (χ0) is 15.4. The van der Waals surface area contributed by atoms with E-state index in [0.29, 0.717) is 30.5 Å². The molecule has 0 bridgehead atoms. The van der Waals surface area contributed by atoms with Gasteiger partial charge in [-0.15, -0.1) is 5.10 Å². The number of carbonyl (C=O) groups is 1. The maximum atomic E-state index is 11.4. The molecule has 7 heteroatoms. The second kappa shape index (κ2) is 6.48. The fraction of sp³-hybridized carbons (Fsp3) is 0.333. The van der Waals surface area contributed by atoms with Crippen molar-refractivity contribution in [2.24, 2.45) is 0 Å². The van der Waals surface area contributed by atoms with Gasteiger partial charge in [-0.05, 0) is 19.1 Å². The summed E-state index contributed by atoms with van der Waals surface area (Å²) in [7, 11) is 0. The number of nitrogens with one attached hydrogen (secondary N) is 1. The van der Waals surface area contributed by atoms with Crippen molar-refractivity contribution >= 4 is 23.2 Å². The summed E-state index contributed by atoms with van der Waals surface area (Å²) in [4.78, 5) is 17.9. The molecule has 1 aromatic heterocycles. The van der Waals surface area contributed by atoms with Crippen LogP contribution in [0.5, 0.6) is 0 Å². The molecule has 0 atom stereocenters. The second-order valence-electron chi connectivity index (χ2n) is 5.00. The van der Waals surface area contributed by atoms with Gasteiger partial charge >= 0.3 is 0 Å². The maximum Gasteiger partial charge on any atom is 0.247 e. The van der Waals surface area contributed by atoms with Crippen LogP contribution in [0.15, 0.2) is 30.5 Å². The number of hydrogen-bond donors (Lipinski definition) is 1. The Morgan fingerprint density at radius 3 is 2.91 bits per heavy atom. The van der Waals surface area contributed by atoms with Crippen LogP contribution in [0.25, 0.3) is 0 Å². The van der Waals surface area contributed by atoms with Crippen molar-refractivity contribution in [2.45, 2.75) is 6.92 Å². The Morgan fingerprint density at radius 1 is 1.32 bits per heavy atom. The number of nitrogens with zero attached hydrogens (tertiary/aromatic N) is 4. The van der Waals surface area contributed by atoms with E-state index in [1.165, 1.54) is 0 Å². The van der Waals surface area contributed by atoms with Crippen molar-refractivity contribution < 1.29 is 9.53 Å². The molecular weight excluding hydrogens is 282 g/mol. The molecule has 0 unspecified atom stereocenters. The normalized spacial score (nSPS) is 14.7. The SMILES string of the molecule is CC(=O)c1cccc(Nc2cnnc(N3CCOCC3)n2)c1. The summed E-state index contributed by atoms with van der Waals surface area (Å²) in [5, 5.41) is 11.2. The summed E-state index contributed by atoms with van der Waals surface area (Å²) in [5.41, 5.74) is 1.45. The molecule has 1 saturated heterocycles. The Bertz CT molecular complexity index is 670. The van der Waals surface area contributed by atoms with E-state index in [2.05, 4.69) is 20.5 Å². The van der Waals surface area contributed by atoms with E-state index in [-0.39, 0.29) is 5.78 Å². The van der Waals surface area contributed by atoms with Crippen molar-refractivity contribution in [3.8, 4) is 0 Å². The zero-order valence-corrected chi connectivity index (χ0v) is 12.3. The number of ketones is 1. The van der Waals surface area contributed by atoms with E-state index in [9.17, 15) is 4.79 Å². The van der Waals surface area contributed by atoms with E-state index in [1.807, 2.05) is 17.0 Å². The number of Topliss-reactive ketones (excluding diaryl/α,β-unsaturated/α-hetero) is 1. The van der Waals surface area contributed by atoms with E-state index in [4.69, 9.17) is 4.74 Å². The van der Waals surface area contributed by atoms with E-state index < -0.39 is 0 Å². The van der Waals surface area contributed by atoms with Crippen molar-refractivity contribution in [1.29, 1.82) is 0 Å². The Kier molecular flexibility index (Phi) is 4.24. The van der Waals surface area contributed by atoms with Crippen LogP contribution in [0.3, 0.4) is 0 Å². The molecule has 0 spiro atoms. The third-order valence-corrected chi connectivity index (χ3v) is 3.38. The molecule has 1 aromatic carbocycles. The standard InChI is InChI=1S/C15H17N5O2/c1-11(21)12-3-2-4-13(9-12)17-14-10-16-19-15(18-14)20-5-7-22-8-6-20/h2-4,9-10H,5-8H2,1H3,(H,17,18,19). The first kappa shape index (κ1) is 14.4. The number of hydrogen-bond acceptors (Lipinski definition) is 7. The van der Waals surface area contributed by atoms with Crippen LogP contribution in [0.2, 0.25) is 0 Å². The summed E-state index contributed by atoms with van der Waals surface area (Å²) in [5.74, 6) is 1.20. The number of rotatable bonds is 4. The highest BCUT2D eigenvalue weighted by Gasteiger charge is 2.14. The van der Waals surface area contributed by atoms with Gasteiger partial charge in [0.2, 0.25) is 5.95 Å². The Morgan fingerprint density at radius 2 is 2.14 bits per heavy atom. The van der Waals surface area contributed by atoms with Gasteiger partial charge in [-0.2, -0.15) is 10.1 Å². The van der Waals surface area contributed by atoms with Crippen molar-refractivity contribution in [1.82, 2.24) is 15.2 Å². The van der Waals surface area contributed by atoms with Crippen LogP contribution in [-0.2, 0) is 4.74 Å². The molecule has 2 heterocycles. The van der Waals surface area contributed by atoms with Gasteiger partial charge in [0.15, 0.2) is 11.6 Å². The molecule has 114 valence electrons. The quantitative estimate of drug-likeness (QED) is 0.860. The van der Waals surface area contributed by atoms with E-state index in [1.54, 1.807) is 25.3 Å². The molecule has 3 rings (SSSR count). The molecular formula is C15H17N5O2. The number of aromatic nitrogens is 3. The molecule has 22 heavy (non-hydrogen) atoms. The minimum Gasteiger partial charge on any atom is -0.378 e. The first-order valence-electron chi connectivity index (χ1n) is 7.13. The second-order valence-corrected chi connectivity index (χ2v) is 5.00. The van der Waals surface area contributed by atoms with Gasteiger partial charge < -0.3 is 15.0 Å². The van der Waals surface area contributed by atoms with E-state index in [0.717, 1.165) is 18.8 Å². The van der Waals surface area contributed by atoms with Gasteiger partial charge in [-0.25, -0.2) is 0 Å². The van der Waals surface area contributed by atoms with Crippen molar-refractivity contribution in [2.75, 3.05) is 36.5 Å². The van der Waals surface area contributed by atoms with E-state index >= 15 is 0 Å². The minimum absolute atomic E-state index is 0.0264. The molecule has 0 aliphatic carbocycles. The highest BCUT2D eigenvalue weighted by molar-refractivity contribution is 5.95. The van der Waals surface area contributed by atoms with Crippen LogP contribution in [0, 0.1) is 0 Å². The van der Waals surface area contributed by atoms with Crippen LogP contribution in [0.1, 0.15) is 17.3 Å². The largest absolute Gasteiger partial charge is 0.378 e. The summed E-state index contributed by atoms with van der Waals surface area (Å²) in [6.45, 7) is 4.39. The monoisotopic (exact) mass is 299 g/mol. The number of benzene rings is 1.